The molecule has 0 atom stereocenters. The minimum atomic E-state index is -0.437. The van der Waals surface area contributed by atoms with Crippen LogP contribution in [0.1, 0.15) is 0 Å². The summed E-state index contributed by atoms with van der Waals surface area (Å²) >= 11 is 0. The van der Waals surface area contributed by atoms with Gasteiger partial charge < -0.3 is 10.0 Å². The molecule has 0 radical (unpaired) electrons. The predicted molar refractivity (Wildman–Crippen MR) is 62.6 cm³/mol. The molecule has 1 rings (SSSR count). The molecule has 0 amide bonds. The Morgan fingerprint density at radius 3 is 2.50 bits per heavy atom. The van der Waals surface area contributed by atoms with Gasteiger partial charge in [-0.2, -0.15) is 0 Å². The summed E-state index contributed by atoms with van der Waals surface area (Å²) in [7, 11) is 0. The summed E-state index contributed by atoms with van der Waals surface area (Å²) in [6.07, 6.45) is 1.72. The minimum absolute atomic E-state index is 0.0326. The van der Waals surface area contributed by atoms with Crippen molar-refractivity contribution in [3.05, 3.63) is 47.0 Å². The molecule has 0 fully saturated rings. The van der Waals surface area contributed by atoms with E-state index < -0.39 is 4.92 Å². The van der Waals surface area contributed by atoms with Gasteiger partial charge in [0.05, 0.1) is 11.5 Å². The second kappa shape index (κ2) is 5.87. The van der Waals surface area contributed by atoms with E-state index in [1.807, 2.05) is 4.90 Å². The zero-order valence-electron chi connectivity index (χ0n) is 8.87. The number of nitro groups is 1. The first-order chi connectivity index (χ1) is 7.69. The van der Waals surface area contributed by atoms with Gasteiger partial charge in [-0.3, -0.25) is 10.1 Å². The molecule has 0 bridgehead atoms. The first-order valence-electron chi connectivity index (χ1n) is 4.90. The fourth-order valence-electron chi connectivity index (χ4n) is 1.39. The van der Waals surface area contributed by atoms with Gasteiger partial charge in [-0.1, -0.05) is 6.08 Å². The van der Waals surface area contributed by atoms with Crippen LogP contribution in [0.2, 0.25) is 0 Å². The Bertz CT molecular complexity index is 362. The molecule has 86 valence electrons. The lowest BCUT2D eigenvalue weighted by Gasteiger charge is -2.21. The molecule has 0 aliphatic heterocycles. The van der Waals surface area contributed by atoms with Crippen LogP contribution in [0.15, 0.2) is 36.9 Å². The topological polar surface area (TPSA) is 66.6 Å². The van der Waals surface area contributed by atoms with Crippen molar-refractivity contribution in [2.45, 2.75) is 0 Å². The molecular weight excluding hydrogens is 208 g/mol. The number of hydrogen-bond acceptors (Lipinski definition) is 4. The maximum absolute atomic E-state index is 10.5. The lowest BCUT2D eigenvalue weighted by atomic mass is 10.2. The van der Waals surface area contributed by atoms with E-state index in [9.17, 15) is 10.1 Å². The number of benzene rings is 1. The SMILES string of the molecule is C=CCN(CCO)c1ccc([N+](=O)[O-])cc1. The highest BCUT2D eigenvalue weighted by atomic mass is 16.6. The molecule has 1 aromatic carbocycles. The van der Waals surface area contributed by atoms with Crippen LogP contribution in [0, 0.1) is 10.1 Å². The normalized spacial score (nSPS) is 9.81. The van der Waals surface area contributed by atoms with Gasteiger partial charge in [0.2, 0.25) is 0 Å². The van der Waals surface area contributed by atoms with Crippen molar-refractivity contribution in [2.24, 2.45) is 0 Å². The summed E-state index contributed by atoms with van der Waals surface area (Å²) in [6.45, 7) is 4.73. The monoisotopic (exact) mass is 222 g/mol. The molecule has 0 saturated heterocycles. The van der Waals surface area contributed by atoms with Crippen LogP contribution in [0.25, 0.3) is 0 Å². The number of anilines is 1. The quantitative estimate of drug-likeness (QED) is 0.451. The van der Waals surface area contributed by atoms with Crippen LogP contribution in [0.3, 0.4) is 0 Å². The van der Waals surface area contributed by atoms with Gasteiger partial charge in [0, 0.05) is 30.9 Å². The van der Waals surface area contributed by atoms with E-state index in [0.29, 0.717) is 13.1 Å². The number of aliphatic hydroxyl groups excluding tert-OH is 1. The minimum Gasteiger partial charge on any atom is -0.395 e. The van der Waals surface area contributed by atoms with Crippen molar-refractivity contribution in [2.75, 3.05) is 24.6 Å². The number of nitro benzene ring substituents is 1. The van der Waals surface area contributed by atoms with Crippen LogP contribution in [0.5, 0.6) is 0 Å². The van der Waals surface area contributed by atoms with E-state index in [1.165, 1.54) is 12.1 Å². The molecule has 5 nitrogen and oxygen atoms in total. The Kier molecular flexibility index (Phi) is 4.47. The average molecular weight is 222 g/mol. The van der Waals surface area contributed by atoms with Gasteiger partial charge in [0.1, 0.15) is 0 Å². The fraction of sp³-hybridized carbons (Fsp3) is 0.273. The van der Waals surface area contributed by atoms with Gasteiger partial charge >= 0.3 is 0 Å². The number of hydrogen-bond donors (Lipinski definition) is 1. The lowest BCUT2D eigenvalue weighted by molar-refractivity contribution is -0.384. The van der Waals surface area contributed by atoms with Crippen LogP contribution >= 0.6 is 0 Å². The van der Waals surface area contributed by atoms with Crippen molar-refractivity contribution < 1.29 is 10.0 Å². The highest BCUT2D eigenvalue weighted by Crippen LogP contribution is 2.18. The molecule has 0 spiro atoms. The smallest absolute Gasteiger partial charge is 0.269 e. The zero-order chi connectivity index (χ0) is 12.0. The van der Waals surface area contributed by atoms with Gasteiger partial charge in [-0.25, -0.2) is 0 Å². The van der Waals surface area contributed by atoms with Gasteiger partial charge in [0.25, 0.3) is 5.69 Å². The lowest BCUT2D eigenvalue weighted by Crippen LogP contribution is -2.26. The van der Waals surface area contributed by atoms with Gasteiger partial charge in [-0.15, -0.1) is 6.58 Å². The van der Waals surface area contributed by atoms with Crippen molar-refractivity contribution in [3.63, 3.8) is 0 Å². The first kappa shape index (κ1) is 12.2. The highest BCUT2D eigenvalue weighted by molar-refractivity contribution is 5.51. The number of non-ortho nitro benzene ring substituents is 1. The second-order valence-corrected chi connectivity index (χ2v) is 3.23. The molecule has 0 aromatic heterocycles. The van der Waals surface area contributed by atoms with Crippen molar-refractivity contribution in [1.82, 2.24) is 0 Å². The molecule has 0 aliphatic rings. The molecule has 5 heteroatoms. The van der Waals surface area contributed by atoms with Gasteiger partial charge in [-0.05, 0) is 12.1 Å². The first-order valence-corrected chi connectivity index (χ1v) is 4.90. The Labute approximate surface area is 93.8 Å². The third-order valence-corrected chi connectivity index (χ3v) is 2.15. The number of nitrogens with zero attached hydrogens (tertiary/aromatic N) is 2. The van der Waals surface area contributed by atoms with Crippen molar-refractivity contribution >= 4 is 11.4 Å². The molecule has 16 heavy (non-hydrogen) atoms. The average Bonchev–Trinajstić information content (AvgIpc) is 2.29. The summed E-state index contributed by atoms with van der Waals surface area (Å²) in [4.78, 5) is 11.9. The van der Waals surface area contributed by atoms with Crippen LogP contribution in [-0.2, 0) is 0 Å². The largest absolute Gasteiger partial charge is 0.395 e. The Morgan fingerprint density at radius 2 is 2.06 bits per heavy atom. The van der Waals surface area contributed by atoms with Gasteiger partial charge in [0.15, 0.2) is 0 Å². The van der Waals surface area contributed by atoms with Crippen molar-refractivity contribution in [3.8, 4) is 0 Å². The maximum atomic E-state index is 10.5. The summed E-state index contributed by atoms with van der Waals surface area (Å²) < 4.78 is 0. The van der Waals surface area contributed by atoms with Crippen LogP contribution < -0.4 is 4.90 Å². The standard InChI is InChI=1S/C11H14N2O3/c1-2-7-12(8-9-14)10-3-5-11(6-4-10)13(15)16/h2-6,14H,1,7-9H2. The molecular formula is C11H14N2O3. The van der Waals surface area contributed by atoms with E-state index in [1.54, 1.807) is 18.2 Å². The van der Waals surface area contributed by atoms with Crippen molar-refractivity contribution in [1.29, 1.82) is 0 Å². The van der Waals surface area contributed by atoms with E-state index in [4.69, 9.17) is 5.11 Å². The Balaban J connectivity index is 2.84. The Morgan fingerprint density at radius 1 is 1.44 bits per heavy atom. The summed E-state index contributed by atoms with van der Waals surface area (Å²) in [6, 6.07) is 6.22. The van der Waals surface area contributed by atoms with Crippen LogP contribution in [0.4, 0.5) is 11.4 Å². The van der Waals surface area contributed by atoms with E-state index in [2.05, 4.69) is 6.58 Å². The van der Waals surface area contributed by atoms with Crippen LogP contribution in [-0.4, -0.2) is 29.7 Å². The van der Waals surface area contributed by atoms with E-state index in [-0.39, 0.29) is 12.3 Å². The highest BCUT2D eigenvalue weighted by Gasteiger charge is 2.07. The second-order valence-electron chi connectivity index (χ2n) is 3.23. The molecule has 0 aliphatic carbocycles. The number of rotatable bonds is 6. The van der Waals surface area contributed by atoms with E-state index in [0.717, 1.165) is 5.69 Å². The molecule has 1 N–H and O–H groups in total. The molecule has 0 saturated carbocycles. The number of aliphatic hydroxyl groups is 1. The molecule has 1 aromatic rings. The fourth-order valence-corrected chi connectivity index (χ4v) is 1.39. The third kappa shape index (κ3) is 3.06. The summed E-state index contributed by atoms with van der Waals surface area (Å²) in [5.74, 6) is 0. The third-order valence-electron chi connectivity index (χ3n) is 2.15. The van der Waals surface area contributed by atoms with E-state index >= 15 is 0 Å². The molecule has 0 unspecified atom stereocenters. The Hall–Kier alpha value is -1.88. The summed E-state index contributed by atoms with van der Waals surface area (Å²) in [5, 5.41) is 19.4. The summed E-state index contributed by atoms with van der Waals surface area (Å²) in [5.41, 5.74) is 0.894. The zero-order valence-corrected chi connectivity index (χ0v) is 8.87. The predicted octanol–water partition coefficient (Wildman–Crippen LogP) is 1.58. The maximum Gasteiger partial charge on any atom is 0.269 e. The molecule has 0 heterocycles.